The zero-order chi connectivity index (χ0) is 26.3. The second-order valence-electron chi connectivity index (χ2n) is 8.79. The molecule has 6 N–H and O–H groups in total. The maximum atomic E-state index is 13.2. The van der Waals surface area contributed by atoms with Crippen molar-refractivity contribution in [1.29, 1.82) is 5.26 Å². The van der Waals surface area contributed by atoms with Crippen LogP contribution in [-0.4, -0.2) is 20.7 Å². The van der Waals surface area contributed by atoms with Gasteiger partial charge in [0.25, 0.3) is 11.5 Å². The number of nitrogens with one attached hydrogen (secondary N) is 2. The monoisotopic (exact) mass is 509 g/mol. The number of carbonyl (C=O) groups excluding carboxylic acids is 1. The topological polar surface area (TPSA) is 156 Å². The van der Waals surface area contributed by atoms with Gasteiger partial charge in [-0.25, -0.2) is 9.67 Å². The molecule has 37 heavy (non-hydrogen) atoms. The van der Waals surface area contributed by atoms with Crippen molar-refractivity contribution in [3.63, 3.8) is 0 Å². The van der Waals surface area contributed by atoms with Crippen LogP contribution in [0, 0.1) is 11.3 Å². The molecule has 9 nitrogen and oxygen atoms in total. The number of nitrogens with zero attached hydrogens (tertiary/aromatic N) is 3. The highest BCUT2D eigenvalue weighted by Crippen LogP contribution is 2.43. The third-order valence-corrected chi connectivity index (χ3v) is 7.17. The molecule has 184 valence electrons. The number of thiophene rings is 1. The lowest BCUT2D eigenvalue weighted by Crippen LogP contribution is -2.13. The first-order chi connectivity index (χ1) is 17.8. The van der Waals surface area contributed by atoms with Crippen LogP contribution >= 0.6 is 11.3 Å². The Kier molecular flexibility index (Phi) is 5.99. The minimum absolute atomic E-state index is 0.0652. The van der Waals surface area contributed by atoms with Gasteiger partial charge in [-0.3, -0.25) is 14.7 Å². The summed E-state index contributed by atoms with van der Waals surface area (Å²) in [5.41, 5.74) is 15.8. The molecule has 0 saturated heterocycles. The van der Waals surface area contributed by atoms with Gasteiger partial charge in [0.05, 0.1) is 11.4 Å². The Morgan fingerprint density at radius 1 is 1.14 bits per heavy atom. The van der Waals surface area contributed by atoms with Crippen LogP contribution in [0.5, 0.6) is 0 Å². The number of nitrogen functional groups attached to an aromatic ring is 2. The molecule has 2 aromatic carbocycles. The standard InChI is InChI=1S/C27H23N7O2S/c1-14(2)15-8-10-16(11-9-15)21-18(13-28)25(30)32-27-22(21)23(29)24(37-27)26(36)31-19-12-20(35)34(33-19)17-6-4-3-5-7-17/h3-12,14,33H,29H2,1-2H3,(H2,30,32)(H,31,36). The van der Waals surface area contributed by atoms with Crippen LogP contribution in [0.15, 0.2) is 65.5 Å². The van der Waals surface area contributed by atoms with Gasteiger partial charge in [0.15, 0.2) is 0 Å². The lowest BCUT2D eigenvalue weighted by atomic mass is 9.94. The summed E-state index contributed by atoms with van der Waals surface area (Å²) < 4.78 is 1.32. The summed E-state index contributed by atoms with van der Waals surface area (Å²) in [5, 5.41) is 16.0. The van der Waals surface area contributed by atoms with Gasteiger partial charge in [0, 0.05) is 17.0 Å². The van der Waals surface area contributed by atoms with Gasteiger partial charge in [-0.15, -0.1) is 11.3 Å². The number of nitrogens with two attached hydrogens (primary N) is 2. The fourth-order valence-electron chi connectivity index (χ4n) is 4.18. The van der Waals surface area contributed by atoms with Gasteiger partial charge < -0.3 is 16.8 Å². The maximum Gasteiger partial charge on any atom is 0.273 e. The number of hydrogen-bond donors (Lipinski definition) is 4. The van der Waals surface area contributed by atoms with Gasteiger partial charge in [0.2, 0.25) is 0 Å². The smallest absolute Gasteiger partial charge is 0.273 e. The molecule has 0 spiro atoms. The molecule has 0 aliphatic carbocycles. The van der Waals surface area contributed by atoms with Crippen molar-refractivity contribution in [2.75, 3.05) is 16.8 Å². The highest BCUT2D eigenvalue weighted by Gasteiger charge is 2.25. The number of amides is 1. The highest BCUT2D eigenvalue weighted by molar-refractivity contribution is 7.21. The number of hydrogen-bond acceptors (Lipinski definition) is 7. The van der Waals surface area contributed by atoms with Crippen molar-refractivity contribution in [1.82, 2.24) is 14.8 Å². The van der Waals surface area contributed by atoms with E-state index in [1.54, 1.807) is 24.3 Å². The molecule has 1 amide bonds. The Morgan fingerprint density at radius 2 is 1.84 bits per heavy atom. The van der Waals surface area contributed by atoms with Crippen molar-refractivity contribution in [3.8, 4) is 22.9 Å². The highest BCUT2D eigenvalue weighted by atomic mass is 32.1. The number of H-pyrrole nitrogens is 1. The largest absolute Gasteiger partial charge is 0.397 e. The molecule has 0 atom stereocenters. The van der Waals surface area contributed by atoms with Gasteiger partial charge >= 0.3 is 0 Å². The predicted molar refractivity (Wildman–Crippen MR) is 147 cm³/mol. The average Bonchev–Trinajstić information content (AvgIpc) is 3.42. The SMILES string of the molecule is CC(C)c1ccc(-c2c(C#N)c(N)nc3sc(C(=O)Nc4cc(=O)n(-c5ccccc5)[nH]4)c(N)c23)cc1. The number of aromatic nitrogens is 3. The third-order valence-electron chi connectivity index (χ3n) is 6.07. The molecular formula is C27H23N7O2S. The van der Waals surface area contributed by atoms with Crippen LogP contribution < -0.4 is 22.3 Å². The van der Waals surface area contributed by atoms with Crippen LogP contribution in [0.25, 0.3) is 27.0 Å². The van der Waals surface area contributed by atoms with Crippen LogP contribution in [0.2, 0.25) is 0 Å². The quantitative estimate of drug-likeness (QED) is 0.265. The number of nitriles is 1. The van der Waals surface area contributed by atoms with E-state index in [9.17, 15) is 14.9 Å². The molecule has 0 saturated carbocycles. The van der Waals surface area contributed by atoms with Crippen LogP contribution in [-0.2, 0) is 0 Å². The number of para-hydroxylation sites is 1. The number of benzene rings is 2. The molecule has 0 aliphatic heterocycles. The summed E-state index contributed by atoms with van der Waals surface area (Å²) in [6.45, 7) is 4.20. The van der Waals surface area contributed by atoms with Gasteiger partial charge in [0.1, 0.15) is 33.0 Å². The van der Waals surface area contributed by atoms with E-state index in [0.29, 0.717) is 27.4 Å². The Labute approximate surface area is 216 Å². The summed E-state index contributed by atoms with van der Waals surface area (Å²) >= 11 is 1.07. The average molecular weight is 510 g/mol. The van der Waals surface area contributed by atoms with E-state index in [-0.39, 0.29) is 33.3 Å². The molecule has 0 unspecified atom stereocenters. The third kappa shape index (κ3) is 4.22. The van der Waals surface area contributed by atoms with Crippen LogP contribution in [0.4, 0.5) is 17.3 Å². The van der Waals surface area contributed by atoms with Crippen molar-refractivity contribution in [2.24, 2.45) is 0 Å². The number of carbonyl (C=O) groups is 1. The van der Waals surface area contributed by atoms with Crippen LogP contribution in [0.3, 0.4) is 0 Å². The first-order valence-corrected chi connectivity index (χ1v) is 12.3. The lowest BCUT2D eigenvalue weighted by molar-refractivity contribution is 0.103. The predicted octanol–water partition coefficient (Wildman–Crippen LogP) is 4.85. The Hall–Kier alpha value is -4.88. The van der Waals surface area contributed by atoms with E-state index >= 15 is 0 Å². The van der Waals surface area contributed by atoms with Gasteiger partial charge in [-0.1, -0.05) is 56.3 Å². The number of pyridine rings is 1. The first-order valence-electron chi connectivity index (χ1n) is 11.5. The summed E-state index contributed by atoms with van der Waals surface area (Å²) in [7, 11) is 0. The van der Waals surface area contributed by atoms with Crippen molar-refractivity contribution >= 4 is 44.8 Å². The molecule has 0 radical (unpaired) electrons. The molecule has 3 aromatic heterocycles. The number of rotatable bonds is 5. The molecule has 0 aliphatic rings. The minimum Gasteiger partial charge on any atom is -0.397 e. The first kappa shape index (κ1) is 23.8. The Morgan fingerprint density at radius 3 is 2.49 bits per heavy atom. The number of fused-ring (bicyclic) bond motifs is 1. The minimum atomic E-state index is -0.514. The zero-order valence-electron chi connectivity index (χ0n) is 20.1. The Balaban J connectivity index is 1.57. The Bertz CT molecular complexity index is 1740. The van der Waals surface area contributed by atoms with Crippen LogP contribution in [0.1, 0.15) is 40.6 Å². The summed E-state index contributed by atoms with van der Waals surface area (Å²) in [6.07, 6.45) is 0. The number of aromatic amines is 1. The van der Waals surface area contributed by atoms with E-state index in [1.807, 2.05) is 30.3 Å². The summed E-state index contributed by atoms with van der Waals surface area (Å²) in [5.74, 6) is 0.109. The second-order valence-corrected chi connectivity index (χ2v) is 9.79. The zero-order valence-corrected chi connectivity index (χ0v) is 20.9. The van der Waals surface area contributed by atoms with E-state index < -0.39 is 5.91 Å². The number of anilines is 3. The summed E-state index contributed by atoms with van der Waals surface area (Å²) in [6, 6.07) is 20.2. The molecule has 0 fully saturated rings. The molecule has 10 heteroatoms. The van der Waals surface area contributed by atoms with Gasteiger partial charge in [-0.05, 0) is 29.2 Å². The second kappa shape index (κ2) is 9.29. The van der Waals surface area contributed by atoms with Crippen molar-refractivity contribution in [3.05, 3.63) is 87.0 Å². The molecule has 5 aromatic rings. The van der Waals surface area contributed by atoms with E-state index in [1.165, 1.54) is 10.7 Å². The normalized spacial score (nSPS) is 11.1. The molecular weight excluding hydrogens is 486 g/mol. The van der Waals surface area contributed by atoms with Crippen molar-refractivity contribution < 1.29 is 4.79 Å². The van der Waals surface area contributed by atoms with E-state index in [2.05, 4.69) is 35.3 Å². The van der Waals surface area contributed by atoms with Crippen molar-refractivity contribution in [2.45, 2.75) is 19.8 Å². The van der Waals surface area contributed by atoms with Gasteiger partial charge in [-0.2, -0.15) is 5.26 Å². The molecule has 0 bridgehead atoms. The molecule has 3 heterocycles. The van der Waals surface area contributed by atoms with E-state index in [4.69, 9.17) is 11.5 Å². The fraction of sp³-hybridized carbons (Fsp3) is 0.111. The van der Waals surface area contributed by atoms with E-state index in [0.717, 1.165) is 22.5 Å². The lowest BCUT2D eigenvalue weighted by Gasteiger charge is -2.11. The summed E-state index contributed by atoms with van der Waals surface area (Å²) in [4.78, 5) is 30.7. The molecule has 5 rings (SSSR count). The maximum absolute atomic E-state index is 13.2. The fourth-order valence-corrected chi connectivity index (χ4v) is 5.19.